The molecule has 0 bridgehead atoms. The number of fused-ring (bicyclic) bond motifs is 2. The van der Waals surface area contributed by atoms with Gasteiger partial charge in [-0.1, -0.05) is 48.5 Å². The molecular weight excluding hydrogens is 485 g/mol. The van der Waals surface area contributed by atoms with Crippen LogP contribution in [0.4, 0.5) is 10.1 Å². The first kappa shape index (κ1) is 23.9. The third kappa shape index (κ3) is 4.68. The summed E-state index contributed by atoms with van der Waals surface area (Å²) in [4.78, 5) is 34.4. The van der Waals surface area contributed by atoms with E-state index >= 15 is 0 Å². The monoisotopic (exact) mass is 509 g/mol. The minimum Gasteiger partial charge on any atom is -0.336 e. The Labute approximate surface area is 213 Å². The Morgan fingerprint density at radius 3 is 2.51 bits per heavy atom. The summed E-state index contributed by atoms with van der Waals surface area (Å²) < 4.78 is 14.7. The smallest absolute Gasteiger partial charge is 0.259 e. The lowest BCUT2D eigenvalue weighted by atomic mass is 10.1. The minimum atomic E-state index is -0.474. The van der Waals surface area contributed by atoms with E-state index < -0.39 is 5.82 Å². The van der Waals surface area contributed by atoms with Crippen LogP contribution in [0.2, 0.25) is 5.02 Å². The van der Waals surface area contributed by atoms with Gasteiger partial charge in [0.25, 0.3) is 11.8 Å². The maximum atomic E-state index is 14.7. The number of anilines is 1. The van der Waals surface area contributed by atoms with Gasteiger partial charge in [-0.05, 0) is 49.0 Å². The molecule has 2 aliphatic heterocycles. The Morgan fingerprint density at radius 2 is 1.77 bits per heavy atom. The van der Waals surface area contributed by atoms with Crippen LogP contribution in [0.3, 0.4) is 0 Å². The lowest BCUT2D eigenvalue weighted by Gasteiger charge is -2.34. The Balaban J connectivity index is 1.55. The van der Waals surface area contributed by atoms with Gasteiger partial charge in [-0.2, -0.15) is 0 Å². The van der Waals surface area contributed by atoms with Gasteiger partial charge < -0.3 is 14.7 Å². The molecule has 3 aromatic rings. The predicted molar refractivity (Wildman–Crippen MR) is 137 cm³/mol. The highest BCUT2D eigenvalue weighted by Crippen LogP contribution is 2.43. The van der Waals surface area contributed by atoms with E-state index in [1.165, 1.54) is 22.7 Å². The molecule has 0 atom stereocenters. The van der Waals surface area contributed by atoms with Crippen molar-refractivity contribution in [3.63, 3.8) is 0 Å². The summed E-state index contributed by atoms with van der Waals surface area (Å²) in [5.74, 6) is -0.794. The zero-order valence-corrected chi connectivity index (χ0v) is 20.9. The normalized spacial score (nSPS) is 16.0. The molecule has 2 amide bonds. The molecule has 0 aromatic heterocycles. The molecule has 0 unspecified atom stereocenters. The number of halogens is 2. The van der Waals surface area contributed by atoms with E-state index in [2.05, 4.69) is 11.8 Å². The Kier molecular flexibility index (Phi) is 6.82. The number of likely N-dealkylation sites (N-methyl/N-ethyl adjacent to an activating group) is 1. The highest BCUT2D eigenvalue weighted by molar-refractivity contribution is 7.99. The molecule has 1 saturated heterocycles. The number of hydrogen-bond acceptors (Lipinski definition) is 4. The average Bonchev–Trinajstić information content (AvgIpc) is 2.99. The molecule has 3 aromatic carbocycles. The summed E-state index contributed by atoms with van der Waals surface area (Å²) in [5, 5.41) is 0.255. The van der Waals surface area contributed by atoms with E-state index in [4.69, 9.17) is 11.6 Å². The summed E-state index contributed by atoms with van der Waals surface area (Å²) in [5.41, 5.74) is 1.86. The second-order valence-corrected chi connectivity index (χ2v) is 10.1. The van der Waals surface area contributed by atoms with Gasteiger partial charge in [0.05, 0.1) is 17.8 Å². The first-order valence-corrected chi connectivity index (χ1v) is 12.8. The summed E-state index contributed by atoms with van der Waals surface area (Å²) in [6.07, 6.45) is 0. The maximum Gasteiger partial charge on any atom is 0.259 e. The van der Waals surface area contributed by atoms with Crippen LogP contribution < -0.4 is 4.90 Å². The zero-order valence-electron chi connectivity index (χ0n) is 19.3. The van der Waals surface area contributed by atoms with Crippen LogP contribution >= 0.6 is 23.4 Å². The molecule has 1 fully saturated rings. The third-order valence-electron chi connectivity index (χ3n) is 6.56. The fourth-order valence-electron chi connectivity index (χ4n) is 4.50. The van der Waals surface area contributed by atoms with Crippen LogP contribution in [0.15, 0.2) is 70.5 Å². The SMILES string of the molecule is CCN1CCN(C(=O)c2ccc3c(c2)N(Cc2c(F)cccc2Cl)C(=O)c2ccccc2S3)CC1. The molecule has 35 heavy (non-hydrogen) atoms. The molecule has 5 rings (SSSR count). The van der Waals surface area contributed by atoms with Crippen molar-refractivity contribution in [2.45, 2.75) is 23.3 Å². The van der Waals surface area contributed by atoms with Crippen LogP contribution in [0.5, 0.6) is 0 Å². The van der Waals surface area contributed by atoms with Crippen molar-refractivity contribution in [3.8, 4) is 0 Å². The van der Waals surface area contributed by atoms with E-state index in [-0.39, 0.29) is 28.9 Å². The number of hydrogen-bond donors (Lipinski definition) is 0. The topological polar surface area (TPSA) is 43.9 Å². The van der Waals surface area contributed by atoms with Gasteiger partial charge in [0.1, 0.15) is 5.82 Å². The molecule has 0 N–H and O–H groups in total. The molecule has 2 heterocycles. The first-order chi connectivity index (χ1) is 17.0. The molecule has 5 nitrogen and oxygen atoms in total. The van der Waals surface area contributed by atoms with E-state index in [1.54, 1.807) is 24.3 Å². The molecule has 0 saturated carbocycles. The van der Waals surface area contributed by atoms with Gasteiger partial charge in [-0.3, -0.25) is 9.59 Å². The fraction of sp³-hybridized carbons (Fsp3) is 0.259. The van der Waals surface area contributed by atoms with Gasteiger partial charge in [-0.25, -0.2) is 4.39 Å². The van der Waals surface area contributed by atoms with Gasteiger partial charge >= 0.3 is 0 Å². The molecule has 2 aliphatic rings. The Hall–Kier alpha value is -2.87. The van der Waals surface area contributed by atoms with Crippen molar-refractivity contribution in [2.75, 3.05) is 37.6 Å². The number of carbonyl (C=O) groups excluding carboxylic acids is 2. The van der Waals surface area contributed by atoms with Crippen LogP contribution in [0.1, 0.15) is 33.2 Å². The lowest BCUT2D eigenvalue weighted by Crippen LogP contribution is -2.48. The second kappa shape index (κ2) is 10.0. The molecule has 180 valence electrons. The van der Waals surface area contributed by atoms with Crippen molar-refractivity contribution < 1.29 is 14.0 Å². The quantitative estimate of drug-likeness (QED) is 0.461. The highest BCUT2D eigenvalue weighted by atomic mass is 35.5. The Bertz CT molecular complexity index is 1270. The van der Waals surface area contributed by atoms with Crippen molar-refractivity contribution >= 4 is 40.9 Å². The molecule has 8 heteroatoms. The van der Waals surface area contributed by atoms with Crippen molar-refractivity contribution in [3.05, 3.63) is 88.2 Å². The summed E-state index contributed by atoms with van der Waals surface area (Å²) >= 11 is 7.79. The zero-order chi connectivity index (χ0) is 24.5. The molecule has 0 radical (unpaired) electrons. The summed E-state index contributed by atoms with van der Waals surface area (Å²) in [6, 6.07) is 17.3. The number of nitrogens with zero attached hydrogens (tertiary/aromatic N) is 3. The molecule has 0 aliphatic carbocycles. The van der Waals surface area contributed by atoms with Crippen molar-refractivity contribution in [1.29, 1.82) is 0 Å². The van der Waals surface area contributed by atoms with E-state index in [9.17, 15) is 14.0 Å². The number of carbonyl (C=O) groups is 2. The van der Waals surface area contributed by atoms with Crippen LogP contribution in [0.25, 0.3) is 0 Å². The number of piperazine rings is 1. The predicted octanol–water partition coefficient (Wildman–Crippen LogP) is 5.57. The average molecular weight is 510 g/mol. The molecular formula is C27H25ClFN3O2S. The summed E-state index contributed by atoms with van der Waals surface area (Å²) in [6.45, 7) is 6.05. The fourth-order valence-corrected chi connectivity index (χ4v) is 5.78. The van der Waals surface area contributed by atoms with Gasteiger partial charge in [-0.15, -0.1) is 0 Å². The number of benzene rings is 3. The Morgan fingerprint density at radius 1 is 1.00 bits per heavy atom. The van der Waals surface area contributed by atoms with Gasteiger partial charge in [0.2, 0.25) is 0 Å². The first-order valence-electron chi connectivity index (χ1n) is 11.6. The standard InChI is InChI=1S/C27H25ClFN3O2S/c1-2-30-12-14-31(15-13-30)26(33)18-10-11-25-23(16-18)32(17-20-21(28)7-5-8-22(20)29)27(34)19-6-3-4-9-24(19)35-25/h3-11,16H,2,12-15,17H2,1H3. The van der Waals surface area contributed by atoms with E-state index in [0.717, 1.165) is 29.4 Å². The number of rotatable bonds is 4. The maximum absolute atomic E-state index is 14.7. The van der Waals surface area contributed by atoms with Crippen molar-refractivity contribution in [1.82, 2.24) is 9.80 Å². The van der Waals surface area contributed by atoms with Crippen LogP contribution in [0, 0.1) is 5.82 Å². The van der Waals surface area contributed by atoms with Gasteiger partial charge in [0.15, 0.2) is 0 Å². The highest BCUT2D eigenvalue weighted by Gasteiger charge is 2.30. The van der Waals surface area contributed by atoms with Gasteiger partial charge in [0, 0.05) is 52.1 Å². The van der Waals surface area contributed by atoms with Crippen LogP contribution in [-0.2, 0) is 6.54 Å². The molecule has 0 spiro atoms. The largest absolute Gasteiger partial charge is 0.336 e. The number of amides is 2. The van der Waals surface area contributed by atoms with Crippen LogP contribution in [-0.4, -0.2) is 54.3 Å². The summed E-state index contributed by atoms with van der Waals surface area (Å²) in [7, 11) is 0. The minimum absolute atomic E-state index is 0.0426. The van der Waals surface area contributed by atoms with Crippen molar-refractivity contribution in [2.24, 2.45) is 0 Å². The third-order valence-corrected chi connectivity index (χ3v) is 8.06. The lowest BCUT2D eigenvalue weighted by molar-refractivity contribution is 0.0643. The van der Waals surface area contributed by atoms with E-state index in [1.807, 2.05) is 35.2 Å². The van der Waals surface area contributed by atoms with E-state index in [0.29, 0.717) is 29.9 Å². The second-order valence-electron chi connectivity index (χ2n) is 8.60.